The molecule has 0 saturated heterocycles. The first kappa shape index (κ1) is 16.0. The van der Waals surface area contributed by atoms with Crippen molar-refractivity contribution < 1.29 is 9.18 Å². The molecule has 0 spiro atoms. The van der Waals surface area contributed by atoms with Crippen LogP contribution in [0.5, 0.6) is 0 Å². The number of halogens is 2. The van der Waals surface area contributed by atoms with E-state index in [9.17, 15) is 9.18 Å². The first-order valence-electron chi connectivity index (χ1n) is 7.94. The predicted octanol–water partition coefficient (Wildman–Crippen LogP) is 3.99. The molecule has 0 fully saturated rings. The zero-order valence-corrected chi connectivity index (χ0v) is 14.9. The maximum absolute atomic E-state index is 13.4. The van der Waals surface area contributed by atoms with Gasteiger partial charge >= 0.3 is 0 Å². The molecular formula is C19H15BrFN3O. The van der Waals surface area contributed by atoms with Crippen LogP contribution in [0.1, 0.15) is 11.3 Å². The second-order valence-electron chi connectivity index (χ2n) is 6.01. The molecule has 126 valence electrons. The number of rotatable bonds is 3. The minimum absolute atomic E-state index is 0.00512. The Morgan fingerprint density at radius 3 is 2.64 bits per heavy atom. The van der Waals surface area contributed by atoms with Crippen LogP contribution >= 0.6 is 15.9 Å². The molecule has 0 saturated carbocycles. The third kappa shape index (κ3) is 3.09. The van der Waals surface area contributed by atoms with Crippen molar-refractivity contribution >= 4 is 21.8 Å². The smallest absolute Gasteiger partial charge is 0.243 e. The second kappa shape index (κ2) is 6.44. The average Bonchev–Trinajstić information content (AvgIpc) is 2.92. The highest BCUT2D eigenvalue weighted by Crippen LogP contribution is 2.30. The minimum Gasteiger partial charge on any atom is -0.331 e. The van der Waals surface area contributed by atoms with Crippen molar-refractivity contribution in [3.63, 3.8) is 0 Å². The summed E-state index contributed by atoms with van der Waals surface area (Å²) in [4.78, 5) is 18.8. The number of amides is 1. The van der Waals surface area contributed by atoms with Gasteiger partial charge in [-0.05, 0) is 33.6 Å². The third-order valence-corrected chi connectivity index (χ3v) is 4.93. The summed E-state index contributed by atoms with van der Waals surface area (Å²) >= 11 is 3.46. The highest BCUT2D eigenvalue weighted by molar-refractivity contribution is 9.10. The number of benzene rings is 2. The van der Waals surface area contributed by atoms with Gasteiger partial charge < -0.3 is 9.47 Å². The van der Waals surface area contributed by atoms with Gasteiger partial charge in [-0.25, -0.2) is 9.37 Å². The Balaban J connectivity index is 1.68. The lowest BCUT2D eigenvalue weighted by Crippen LogP contribution is -2.38. The number of nitrogens with zero attached hydrogens (tertiary/aromatic N) is 3. The number of carbonyl (C=O) groups is 1. The van der Waals surface area contributed by atoms with Gasteiger partial charge in [-0.1, -0.05) is 42.5 Å². The molecule has 1 aromatic heterocycles. The van der Waals surface area contributed by atoms with Crippen molar-refractivity contribution in [3.8, 4) is 11.3 Å². The van der Waals surface area contributed by atoms with Crippen LogP contribution < -0.4 is 0 Å². The molecule has 0 atom stereocenters. The molecular weight excluding hydrogens is 385 g/mol. The quantitative estimate of drug-likeness (QED) is 0.667. The number of hydrogen-bond acceptors (Lipinski definition) is 2. The van der Waals surface area contributed by atoms with Crippen LogP contribution in [0.4, 0.5) is 4.39 Å². The van der Waals surface area contributed by atoms with Gasteiger partial charge in [0, 0.05) is 12.1 Å². The van der Waals surface area contributed by atoms with Gasteiger partial charge in [0.2, 0.25) is 5.91 Å². The topological polar surface area (TPSA) is 38.1 Å². The van der Waals surface area contributed by atoms with Crippen LogP contribution in [0.2, 0.25) is 0 Å². The van der Waals surface area contributed by atoms with Crippen LogP contribution in [0.25, 0.3) is 11.3 Å². The Kier molecular flexibility index (Phi) is 4.13. The number of imidazole rings is 1. The van der Waals surface area contributed by atoms with E-state index in [0.717, 1.165) is 22.5 Å². The van der Waals surface area contributed by atoms with Crippen molar-refractivity contribution in [1.82, 2.24) is 14.5 Å². The Morgan fingerprint density at radius 1 is 1.08 bits per heavy atom. The fraction of sp³-hybridized carbons (Fsp3) is 0.158. The van der Waals surface area contributed by atoms with Crippen molar-refractivity contribution in [1.29, 1.82) is 0 Å². The van der Waals surface area contributed by atoms with Gasteiger partial charge in [-0.2, -0.15) is 0 Å². The molecule has 0 bridgehead atoms. The van der Waals surface area contributed by atoms with Crippen molar-refractivity contribution in [3.05, 3.63) is 76.4 Å². The molecule has 1 amide bonds. The van der Waals surface area contributed by atoms with E-state index < -0.39 is 0 Å². The lowest BCUT2D eigenvalue weighted by Gasteiger charge is -2.29. The molecule has 0 aliphatic carbocycles. The van der Waals surface area contributed by atoms with E-state index in [2.05, 4.69) is 20.9 Å². The maximum atomic E-state index is 13.4. The Morgan fingerprint density at radius 2 is 1.88 bits per heavy atom. The van der Waals surface area contributed by atoms with E-state index in [1.807, 2.05) is 41.0 Å². The second-order valence-corrected chi connectivity index (χ2v) is 6.72. The van der Waals surface area contributed by atoms with Gasteiger partial charge in [-0.3, -0.25) is 4.79 Å². The van der Waals surface area contributed by atoms with E-state index >= 15 is 0 Å². The summed E-state index contributed by atoms with van der Waals surface area (Å²) in [5.41, 5.74) is 3.64. The molecule has 2 heterocycles. The fourth-order valence-electron chi connectivity index (χ4n) is 3.11. The lowest BCUT2D eigenvalue weighted by molar-refractivity contribution is -0.134. The highest BCUT2D eigenvalue weighted by atomic mass is 79.9. The summed E-state index contributed by atoms with van der Waals surface area (Å²) in [6, 6.07) is 16.3. The van der Waals surface area contributed by atoms with Crippen LogP contribution in [0.15, 0.2) is 59.3 Å². The first-order valence-corrected chi connectivity index (χ1v) is 8.73. The fourth-order valence-corrected chi connectivity index (χ4v) is 3.63. The van der Waals surface area contributed by atoms with Gasteiger partial charge in [0.1, 0.15) is 12.4 Å². The summed E-state index contributed by atoms with van der Waals surface area (Å²) in [6.45, 7) is 1.05. The standard InChI is InChI=1S/C19H15BrFN3O/c20-19-22-18(14-6-2-1-3-7-14)16-11-23(17(25)12-24(16)19)10-13-5-4-8-15(21)9-13/h1-9H,10-12H2. The van der Waals surface area contributed by atoms with Crippen molar-refractivity contribution in [2.45, 2.75) is 19.6 Å². The Labute approximate surface area is 153 Å². The van der Waals surface area contributed by atoms with Gasteiger partial charge in [0.15, 0.2) is 4.73 Å². The van der Waals surface area contributed by atoms with E-state index in [0.29, 0.717) is 17.8 Å². The molecule has 3 aromatic rings. The van der Waals surface area contributed by atoms with Crippen molar-refractivity contribution in [2.75, 3.05) is 0 Å². The normalized spacial score (nSPS) is 13.8. The predicted molar refractivity (Wildman–Crippen MR) is 96.0 cm³/mol. The number of carbonyl (C=O) groups excluding carboxylic acids is 1. The molecule has 0 N–H and O–H groups in total. The highest BCUT2D eigenvalue weighted by Gasteiger charge is 2.28. The molecule has 1 aliphatic rings. The van der Waals surface area contributed by atoms with Crippen LogP contribution in [0, 0.1) is 5.82 Å². The molecule has 4 rings (SSSR count). The molecule has 0 unspecified atom stereocenters. The molecule has 4 nitrogen and oxygen atoms in total. The molecule has 25 heavy (non-hydrogen) atoms. The van der Waals surface area contributed by atoms with E-state index in [-0.39, 0.29) is 18.3 Å². The van der Waals surface area contributed by atoms with Crippen LogP contribution in [0.3, 0.4) is 0 Å². The van der Waals surface area contributed by atoms with Gasteiger partial charge in [-0.15, -0.1) is 0 Å². The largest absolute Gasteiger partial charge is 0.331 e. The molecule has 6 heteroatoms. The monoisotopic (exact) mass is 399 g/mol. The van der Waals surface area contributed by atoms with Crippen LogP contribution in [-0.2, 0) is 24.4 Å². The van der Waals surface area contributed by atoms with E-state index in [1.165, 1.54) is 12.1 Å². The summed E-state index contributed by atoms with van der Waals surface area (Å²) in [5, 5.41) is 0. The zero-order chi connectivity index (χ0) is 17.4. The Hall–Kier alpha value is -2.47. The maximum Gasteiger partial charge on any atom is 0.243 e. The van der Waals surface area contributed by atoms with Gasteiger partial charge in [0.25, 0.3) is 0 Å². The van der Waals surface area contributed by atoms with E-state index in [1.54, 1.807) is 11.0 Å². The SMILES string of the molecule is O=C1Cn2c(Br)nc(-c3ccccc3)c2CN1Cc1cccc(F)c1. The third-order valence-electron chi connectivity index (χ3n) is 4.32. The Bertz CT molecular complexity index is 939. The number of fused-ring (bicyclic) bond motifs is 1. The molecule has 0 radical (unpaired) electrons. The lowest BCUT2D eigenvalue weighted by atomic mass is 10.1. The number of hydrogen-bond donors (Lipinski definition) is 0. The van der Waals surface area contributed by atoms with Gasteiger partial charge in [0.05, 0.1) is 17.9 Å². The summed E-state index contributed by atoms with van der Waals surface area (Å²) < 4.78 is 16.0. The van der Waals surface area contributed by atoms with E-state index in [4.69, 9.17) is 0 Å². The summed E-state index contributed by atoms with van der Waals surface area (Å²) in [5.74, 6) is -0.297. The first-order chi connectivity index (χ1) is 12.1. The van der Waals surface area contributed by atoms with Crippen LogP contribution in [-0.4, -0.2) is 20.4 Å². The zero-order valence-electron chi connectivity index (χ0n) is 13.3. The number of aromatic nitrogens is 2. The molecule has 2 aromatic carbocycles. The molecule has 1 aliphatic heterocycles. The average molecular weight is 400 g/mol. The summed E-state index contributed by atoms with van der Waals surface area (Å²) in [7, 11) is 0. The van der Waals surface area contributed by atoms with Crippen molar-refractivity contribution in [2.24, 2.45) is 0 Å². The summed E-state index contributed by atoms with van der Waals surface area (Å²) in [6.07, 6.45) is 0. The minimum atomic E-state index is -0.292.